The average molecular weight is 251 g/mol. The number of Topliss-reactive ketones (excluding diaryl/α,β-unsaturated/α-hetero) is 1. The van der Waals surface area contributed by atoms with Crippen LogP contribution in [0.15, 0.2) is 18.2 Å². The van der Waals surface area contributed by atoms with Crippen LogP contribution >= 0.6 is 0 Å². The molecule has 0 radical (unpaired) electrons. The molecule has 0 spiro atoms. The third-order valence-electron chi connectivity index (χ3n) is 3.39. The average Bonchev–Trinajstić information content (AvgIpc) is 2.30. The number of hydrogen-bond acceptors (Lipinski definition) is 3. The molecule has 0 aromatic heterocycles. The molecule has 0 bridgehead atoms. The van der Waals surface area contributed by atoms with Gasteiger partial charge in [0.15, 0.2) is 5.78 Å². The fourth-order valence-electron chi connectivity index (χ4n) is 2.29. The summed E-state index contributed by atoms with van der Waals surface area (Å²) in [7, 11) is 0. The zero-order valence-corrected chi connectivity index (χ0v) is 10.5. The van der Waals surface area contributed by atoms with Crippen molar-refractivity contribution in [2.24, 2.45) is 5.92 Å². The van der Waals surface area contributed by atoms with Crippen molar-refractivity contribution < 1.29 is 13.9 Å². The molecule has 0 heterocycles. The first-order valence-electron chi connectivity index (χ1n) is 6.30. The number of carbonyl (C=O) groups is 1. The first-order chi connectivity index (χ1) is 8.60. The topological polar surface area (TPSA) is 52.3 Å². The minimum absolute atomic E-state index is 0.0196. The number of benzene rings is 1. The lowest BCUT2D eigenvalue weighted by atomic mass is 9.78. The van der Waals surface area contributed by atoms with E-state index in [0.29, 0.717) is 30.6 Å². The number of nitrogen functional groups attached to an aromatic ring is 1. The van der Waals surface area contributed by atoms with E-state index in [9.17, 15) is 9.18 Å². The maximum absolute atomic E-state index is 13.2. The first kappa shape index (κ1) is 13.0. The van der Waals surface area contributed by atoms with Gasteiger partial charge in [-0.2, -0.15) is 0 Å². The number of anilines is 1. The fourth-order valence-corrected chi connectivity index (χ4v) is 2.29. The molecular weight excluding hydrogens is 233 g/mol. The number of carbonyl (C=O) groups excluding carboxylic acids is 1. The lowest BCUT2D eigenvalue weighted by Crippen LogP contribution is -2.32. The molecule has 1 aromatic rings. The molecule has 3 nitrogen and oxygen atoms in total. The van der Waals surface area contributed by atoms with Crippen LogP contribution in [0.25, 0.3) is 0 Å². The molecule has 0 unspecified atom stereocenters. The summed E-state index contributed by atoms with van der Waals surface area (Å²) in [4.78, 5) is 11.9. The van der Waals surface area contributed by atoms with Crippen molar-refractivity contribution in [1.29, 1.82) is 0 Å². The third kappa shape index (κ3) is 2.88. The van der Waals surface area contributed by atoms with E-state index in [4.69, 9.17) is 10.5 Å². The molecule has 1 fully saturated rings. The van der Waals surface area contributed by atoms with E-state index >= 15 is 0 Å². The molecule has 18 heavy (non-hydrogen) atoms. The maximum atomic E-state index is 13.2. The molecule has 98 valence electrons. The van der Waals surface area contributed by atoms with Gasteiger partial charge >= 0.3 is 0 Å². The molecule has 1 aromatic carbocycles. The second kappa shape index (κ2) is 5.48. The van der Waals surface area contributed by atoms with E-state index in [2.05, 4.69) is 0 Å². The summed E-state index contributed by atoms with van der Waals surface area (Å²) in [5, 5.41) is 0. The van der Waals surface area contributed by atoms with Crippen LogP contribution in [-0.2, 0) is 4.74 Å². The number of ketones is 1. The van der Waals surface area contributed by atoms with Crippen LogP contribution < -0.4 is 5.73 Å². The molecule has 1 saturated carbocycles. The number of hydrogen-bond donors (Lipinski definition) is 1. The molecule has 1 aliphatic carbocycles. The summed E-state index contributed by atoms with van der Waals surface area (Å²) in [5.74, 6) is -0.176. The van der Waals surface area contributed by atoms with Gasteiger partial charge < -0.3 is 10.5 Å². The van der Waals surface area contributed by atoms with Crippen molar-refractivity contribution >= 4 is 11.5 Å². The van der Waals surface area contributed by atoms with E-state index in [-0.39, 0.29) is 11.5 Å². The molecule has 0 atom stereocenters. The molecular formula is C14H18FNO2. The monoisotopic (exact) mass is 251 g/mol. The number of ether oxygens (including phenoxy) is 1. The Balaban J connectivity index is 1.87. The van der Waals surface area contributed by atoms with Crippen molar-refractivity contribution in [2.75, 3.05) is 12.3 Å². The Morgan fingerprint density at radius 2 is 2.22 bits per heavy atom. The molecule has 2 rings (SSSR count). The van der Waals surface area contributed by atoms with E-state index in [0.717, 1.165) is 12.8 Å². The van der Waals surface area contributed by atoms with Crippen LogP contribution in [0.5, 0.6) is 0 Å². The van der Waals surface area contributed by atoms with Gasteiger partial charge in [-0.05, 0) is 43.9 Å². The van der Waals surface area contributed by atoms with Gasteiger partial charge in [-0.1, -0.05) is 0 Å². The van der Waals surface area contributed by atoms with Gasteiger partial charge in [0.05, 0.1) is 11.8 Å². The quantitative estimate of drug-likeness (QED) is 0.646. The molecule has 1 aliphatic rings. The minimum Gasteiger partial charge on any atom is -0.396 e. The van der Waals surface area contributed by atoms with Gasteiger partial charge in [-0.15, -0.1) is 0 Å². The zero-order chi connectivity index (χ0) is 13.1. The van der Waals surface area contributed by atoms with Gasteiger partial charge in [0.2, 0.25) is 0 Å². The third-order valence-corrected chi connectivity index (χ3v) is 3.39. The van der Waals surface area contributed by atoms with Crippen molar-refractivity contribution in [3.05, 3.63) is 29.6 Å². The van der Waals surface area contributed by atoms with Gasteiger partial charge in [-0.3, -0.25) is 4.79 Å². The predicted molar refractivity (Wildman–Crippen MR) is 67.9 cm³/mol. The van der Waals surface area contributed by atoms with Gasteiger partial charge in [0.1, 0.15) is 5.82 Å². The van der Waals surface area contributed by atoms with Crippen molar-refractivity contribution in [3.8, 4) is 0 Å². The highest BCUT2D eigenvalue weighted by molar-refractivity contribution is 5.96. The van der Waals surface area contributed by atoms with Crippen molar-refractivity contribution in [2.45, 2.75) is 32.3 Å². The van der Waals surface area contributed by atoms with Gasteiger partial charge in [-0.25, -0.2) is 4.39 Å². The highest BCUT2D eigenvalue weighted by Gasteiger charge is 2.31. The molecule has 2 N–H and O–H groups in total. The molecule has 0 aliphatic heterocycles. The summed E-state index contributed by atoms with van der Waals surface area (Å²) in [6.45, 7) is 2.68. The van der Waals surface area contributed by atoms with Crippen LogP contribution in [0, 0.1) is 11.7 Å². The highest BCUT2D eigenvalue weighted by Crippen LogP contribution is 2.33. The Morgan fingerprint density at radius 3 is 2.83 bits per heavy atom. The number of rotatable bonds is 5. The maximum Gasteiger partial charge on any atom is 0.163 e. The summed E-state index contributed by atoms with van der Waals surface area (Å²) < 4.78 is 18.7. The Morgan fingerprint density at radius 1 is 1.50 bits per heavy atom. The Labute approximate surface area is 106 Å². The van der Waals surface area contributed by atoms with Gasteiger partial charge in [0.25, 0.3) is 0 Å². The van der Waals surface area contributed by atoms with Crippen LogP contribution in [-0.4, -0.2) is 18.5 Å². The SMILES string of the molecule is CCOC1CC(CC(=O)c2ccc(N)c(F)c2)C1. The van der Waals surface area contributed by atoms with Crippen LogP contribution in [0.2, 0.25) is 0 Å². The normalized spacial score (nSPS) is 22.6. The molecule has 0 amide bonds. The largest absolute Gasteiger partial charge is 0.396 e. The minimum atomic E-state index is -0.526. The van der Waals surface area contributed by atoms with E-state index in [1.54, 1.807) is 6.07 Å². The van der Waals surface area contributed by atoms with E-state index in [1.165, 1.54) is 12.1 Å². The second-order valence-corrected chi connectivity index (χ2v) is 4.78. The lowest BCUT2D eigenvalue weighted by molar-refractivity contribution is -0.0246. The zero-order valence-electron chi connectivity index (χ0n) is 10.5. The van der Waals surface area contributed by atoms with E-state index < -0.39 is 5.82 Å². The Kier molecular flexibility index (Phi) is 3.97. The second-order valence-electron chi connectivity index (χ2n) is 4.78. The molecule has 4 heteroatoms. The summed E-state index contributed by atoms with van der Waals surface area (Å²) in [6, 6.07) is 4.24. The molecule has 0 saturated heterocycles. The smallest absolute Gasteiger partial charge is 0.163 e. The van der Waals surface area contributed by atoms with Crippen LogP contribution in [0.3, 0.4) is 0 Å². The van der Waals surface area contributed by atoms with Crippen LogP contribution in [0.4, 0.5) is 10.1 Å². The number of nitrogens with two attached hydrogens (primary N) is 1. The summed E-state index contributed by atoms with van der Waals surface area (Å²) in [6.07, 6.45) is 2.62. The van der Waals surface area contributed by atoms with Crippen molar-refractivity contribution in [1.82, 2.24) is 0 Å². The summed E-state index contributed by atoms with van der Waals surface area (Å²) in [5.41, 5.74) is 5.86. The van der Waals surface area contributed by atoms with E-state index in [1.807, 2.05) is 6.92 Å². The number of halogens is 1. The lowest BCUT2D eigenvalue weighted by Gasteiger charge is -2.34. The fraction of sp³-hybridized carbons (Fsp3) is 0.500. The summed E-state index contributed by atoms with van der Waals surface area (Å²) >= 11 is 0. The first-order valence-corrected chi connectivity index (χ1v) is 6.30. The Bertz CT molecular complexity index is 441. The highest BCUT2D eigenvalue weighted by atomic mass is 19.1. The van der Waals surface area contributed by atoms with Crippen LogP contribution in [0.1, 0.15) is 36.5 Å². The Hall–Kier alpha value is -1.42. The standard InChI is InChI=1S/C14H18FNO2/c1-2-18-11-5-9(6-11)7-14(17)10-3-4-13(16)12(15)8-10/h3-4,8-9,11H,2,5-7,16H2,1H3. The predicted octanol–water partition coefficient (Wildman–Crippen LogP) is 2.80. The van der Waals surface area contributed by atoms with Gasteiger partial charge in [0, 0.05) is 18.6 Å². The van der Waals surface area contributed by atoms with Crippen molar-refractivity contribution in [3.63, 3.8) is 0 Å².